The van der Waals surface area contributed by atoms with Gasteiger partial charge in [-0.2, -0.15) is 5.10 Å². The SMILES string of the molecule is C=C(Cc1nc2cccc(-c3ccc(NC)cc3)n2n1)C1CC1. The molecule has 0 amide bonds. The summed E-state index contributed by atoms with van der Waals surface area (Å²) in [5.41, 5.74) is 5.44. The quantitative estimate of drug-likeness (QED) is 0.726. The largest absolute Gasteiger partial charge is 0.388 e. The summed E-state index contributed by atoms with van der Waals surface area (Å²) in [6, 6.07) is 14.5. The van der Waals surface area contributed by atoms with E-state index in [1.807, 2.05) is 23.7 Å². The van der Waals surface area contributed by atoms with E-state index in [0.29, 0.717) is 5.92 Å². The van der Waals surface area contributed by atoms with Crippen molar-refractivity contribution in [3.8, 4) is 11.3 Å². The predicted octanol–water partition coefficient (Wildman–Crippen LogP) is 3.95. The average Bonchev–Trinajstić information content (AvgIpc) is 3.35. The molecule has 4 heteroatoms. The fraction of sp³-hybridized carbons (Fsp3) is 0.263. The third kappa shape index (κ3) is 2.72. The lowest BCUT2D eigenvalue weighted by Crippen LogP contribution is -1.97. The maximum absolute atomic E-state index is 4.71. The minimum Gasteiger partial charge on any atom is -0.388 e. The van der Waals surface area contributed by atoms with Crippen LogP contribution in [0, 0.1) is 5.92 Å². The van der Waals surface area contributed by atoms with Gasteiger partial charge in [0.15, 0.2) is 11.5 Å². The van der Waals surface area contributed by atoms with Crippen LogP contribution in [0.1, 0.15) is 18.7 Å². The second-order valence-corrected chi connectivity index (χ2v) is 6.15. The van der Waals surface area contributed by atoms with Crippen LogP contribution in [0.4, 0.5) is 5.69 Å². The van der Waals surface area contributed by atoms with E-state index >= 15 is 0 Å². The molecule has 1 aromatic carbocycles. The van der Waals surface area contributed by atoms with Gasteiger partial charge >= 0.3 is 0 Å². The fourth-order valence-electron chi connectivity index (χ4n) is 2.89. The number of anilines is 1. The summed E-state index contributed by atoms with van der Waals surface area (Å²) in [4.78, 5) is 4.66. The Bertz CT molecular complexity index is 857. The van der Waals surface area contributed by atoms with E-state index in [1.54, 1.807) is 0 Å². The van der Waals surface area contributed by atoms with Gasteiger partial charge in [0.1, 0.15) is 0 Å². The number of aromatic nitrogens is 3. The van der Waals surface area contributed by atoms with E-state index in [-0.39, 0.29) is 0 Å². The zero-order valence-electron chi connectivity index (χ0n) is 13.3. The second-order valence-electron chi connectivity index (χ2n) is 6.15. The molecule has 1 fully saturated rings. The van der Waals surface area contributed by atoms with Gasteiger partial charge in [-0.1, -0.05) is 30.4 Å². The van der Waals surface area contributed by atoms with Crippen LogP contribution in [0.5, 0.6) is 0 Å². The lowest BCUT2D eigenvalue weighted by molar-refractivity contribution is 0.856. The number of allylic oxidation sites excluding steroid dienone is 1. The number of hydrogen-bond acceptors (Lipinski definition) is 3. The molecular weight excluding hydrogens is 284 g/mol. The maximum atomic E-state index is 4.71. The number of pyridine rings is 1. The van der Waals surface area contributed by atoms with Crippen molar-refractivity contribution in [3.63, 3.8) is 0 Å². The number of fused-ring (bicyclic) bond motifs is 1. The fourth-order valence-corrected chi connectivity index (χ4v) is 2.89. The van der Waals surface area contributed by atoms with Crippen molar-refractivity contribution < 1.29 is 0 Å². The van der Waals surface area contributed by atoms with Gasteiger partial charge in [-0.15, -0.1) is 0 Å². The molecule has 23 heavy (non-hydrogen) atoms. The molecule has 0 saturated heterocycles. The molecule has 4 nitrogen and oxygen atoms in total. The number of nitrogens with zero attached hydrogens (tertiary/aromatic N) is 3. The molecule has 2 heterocycles. The molecule has 4 rings (SSSR count). The first-order chi connectivity index (χ1) is 11.2. The molecular formula is C19H20N4. The number of benzene rings is 1. The first kappa shape index (κ1) is 14.0. The standard InChI is InChI=1S/C19H20N4/c1-13(14-6-7-14)12-18-21-19-5-3-4-17(23(19)22-18)15-8-10-16(20-2)11-9-15/h3-5,8-11,14,20H,1,6-7,12H2,2H3. The highest BCUT2D eigenvalue weighted by Crippen LogP contribution is 2.36. The second kappa shape index (κ2) is 5.54. The minimum absolute atomic E-state index is 0.690. The lowest BCUT2D eigenvalue weighted by atomic mass is 10.1. The monoisotopic (exact) mass is 304 g/mol. The normalized spacial score (nSPS) is 14.1. The summed E-state index contributed by atoms with van der Waals surface area (Å²) in [5, 5.41) is 7.85. The Morgan fingerprint density at radius 2 is 2.00 bits per heavy atom. The molecule has 1 N–H and O–H groups in total. The van der Waals surface area contributed by atoms with Crippen LogP contribution < -0.4 is 5.32 Å². The van der Waals surface area contributed by atoms with Crippen molar-refractivity contribution in [1.29, 1.82) is 0 Å². The van der Waals surface area contributed by atoms with Crippen molar-refractivity contribution in [1.82, 2.24) is 14.6 Å². The van der Waals surface area contributed by atoms with E-state index < -0.39 is 0 Å². The van der Waals surface area contributed by atoms with Crippen molar-refractivity contribution in [2.45, 2.75) is 19.3 Å². The summed E-state index contributed by atoms with van der Waals surface area (Å²) in [5.74, 6) is 1.55. The summed E-state index contributed by atoms with van der Waals surface area (Å²) < 4.78 is 1.93. The van der Waals surface area contributed by atoms with Crippen LogP contribution >= 0.6 is 0 Å². The van der Waals surface area contributed by atoms with Crippen LogP contribution in [0.2, 0.25) is 0 Å². The molecule has 0 aliphatic heterocycles. The van der Waals surface area contributed by atoms with E-state index in [1.165, 1.54) is 18.4 Å². The van der Waals surface area contributed by atoms with Crippen LogP contribution in [-0.4, -0.2) is 21.6 Å². The van der Waals surface area contributed by atoms with Crippen molar-refractivity contribution in [2.75, 3.05) is 12.4 Å². The molecule has 0 radical (unpaired) electrons. The molecule has 0 spiro atoms. The van der Waals surface area contributed by atoms with Gasteiger partial charge in [-0.05, 0) is 43.0 Å². The van der Waals surface area contributed by atoms with E-state index in [2.05, 4.69) is 47.2 Å². The lowest BCUT2D eigenvalue weighted by Gasteiger charge is -2.05. The van der Waals surface area contributed by atoms with Crippen molar-refractivity contribution in [3.05, 3.63) is 60.4 Å². The molecule has 1 aliphatic rings. The van der Waals surface area contributed by atoms with Crippen LogP contribution in [0.15, 0.2) is 54.6 Å². The zero-order chi connectivity index (χ0) is 15.8. The Labute approximate surface area is 135 Å². The van der Waals surface area contributed by atoms with Crippen LogP contribution in [-0.2, 0) is 6.42 Å². The third-order valence-corrected chi connectivity index (χ3v) is 4.41. The van der Waals surface area contributed by atoms with Gasteiger partial charge in [0, 0.05) is 24.7 Å². The van der Waals surface area contributed by atoms with Crippen molar-refractivity contribution >= 4 is 11.3 Å². The summed E-state index contributed by atoms with van der Waals surface area (Å²) in [7, 11) is 1.92. The Balaban J connectivity index is 1.71. The predicted molar refractivity (Wildman–Crippen MR) is 93.5 cm³/mol. The molecule has 2 aromatic heterocycles. The number of nitrogens with one attached hydrogen (secondary N) is 1. The molecule has 0 unspecified atom stereocenters. The summed E-state index contributed by atoms with van der Waals surface area (Å²) in [6.45, 7) is 4.19. The number of hydrogen-bond donors (Lipinski definition) is 1. The summed E-state index contributed by atoms with van der Waals surface area (Å²) in [6.07, 6.45) is 3.33. The van der Waals surface area contributed by atoms with Gasteiger partial charge in [-0.3, -0.25) is 0 Å². The zero-order valence-corrected chi connectivity index (χ0v) is 13.3. The van der Waals surface area contributed by atoms with Crippen LogP contribution in [0.25, 0.3) is 16.9 Å². The van der Waals surface area contributed by atoms with Crippen molar-refractivity contribution in [2.24, 2.45) is 5.92 Å². The van der Waals surface area contributed by atoms with Gasteiger partial charge in [0.05, 0.1) is 5.69 Å². The van der Waals surface area contributed by atoms with Crippen LogP contribution in [0.3, 0.4) is 0 Å². The Hall–Kier alpha value is -2.62. The molecule has 1 saturated carbocycles. The molecule has 116 valence electrons. The Morgan fingerprint density at radius 1 is 1.22 bits per heavy atom. The maximum Gasteiger partial charge on any atom is 0.156 e. The molecule has 3 aromatic rings. The van der Waals surface area contributed by atoms with E-state index in [4.69, 9.17) is 5.10 Å². The molecule has 0 bridgehead atoms. The Morgan fingerprint density at radius 3 is 2.70 bits per heavy atom. The smallest absolute Gasteiger partial charge is 0.156 e. The topological polar surface area (TPSA) is 42.2 Å². The molecule has 0 atom stereocenters. The number of rotatable bonds is 5. The summed E-state index contributed by atoms with van der Waals surface area (Å²) >= 11 is 0. The van der Waals surface area contributed by atoms with E-state index in [0.717, 1.165) is 34.8 Å². The van der Waals surface area contributed by atoms with Gasteiger partial charge in [0.25, 0.3) is 0 Å². The highest BCUT2D eigenvalue weighted by atomic mass is 15.3. The first-order valence-corrected chi connectivity index (χ1v) is 8.05. The third-order valence-electron chi connectivity index (χ3n) is 4.41. The van der Waals surface area contributed by atoms with E-state index in [9.17, 15) is 0 Å². The van der Waals surface area contributed by atoms with Gasteiger partial charge < -0.3 is 5.32 Å². The first-order valence-electron chi connectivity index (χ1n) is 8.05. The Kier molecular flexibility index (Phi) is 3.37. The van der Waals surface area contributed by atoms with Gasteiger partial charge in [0.2, 0.25) is 0 Å². The van der Waals surface area contributed by atoms with Gasteiger partial charge in [-0.25, -0.2) is 9.50 Å². The highest BCUT2D eigenvalue weighted by molar-refractivity contribution is 5.65. The molecule has 1 aliphatic carbocycles. The highest BCUT2D eigenvalue weighted by Gasteiger charge is 2.25. The average molecular weight is 304 g/mol. The minimum atomic E-state index is 0.690.